The van der Waals surface area contributed by atoms with Crippen LogP contribution >= 0.6 is 7.60 Å². The number of ketones is 1. The number of methoxy groups -OCH3 is 1. The van der Waals surface area contributed by atoms with E-state index in [9.17, 15) is 9.36 Å². The van der Waals surface area contributed by atoms with Crippen LogP contribution in [0.1, 0.15) is 44.6 Å². The van der Waals surface area contributed by atoms with Gasteiger partial charge in [-0.15, -0.1) is 6.42 Å². The molecule has 0 saturated heterocycles. The number of rotatable bonds is 8. The molecule has 0 unspecified atom stereocenters. The van der Waals surface area contributed by atoms with E-state index in [-0.39, 0.29) is 19.0 Å². The fourth-order valence-corrected chi connectivity index (χ4v) is 6.22. The third kappa shape index (κ3) is 3.27. The van der Waals surface area contributed by atoms with Gasteiger partial charge in [-0.25, -0.2) is 0 Å². The molecule has 25 heavy (non-hydrogen) atoms. The Morgan fingerprint density at radius 1 is 1.28 bits per heavy atom. The highest BCUT2D eigenvalue weighted by Crippen LogP contribution is 2.69. The molecular weight excluding hydrogens is 339 g/mol. The van der Waals surface area contributed by atoms with Crippen LogP contribution in [0.2, 0.25) is 0 Å². The number of hydrogen-bond acceptors (Lipinski definition) is 5. The summed E-state index contributed by atoms with van der Waals surface area (Å²) in [6.45, 7) is 3.81. The Bertz CT molecular complexity index is 698. The minimum atomic E-state index is -3.77. The second-order valence-electron chi connectivity index (χ2n) is 5.88. The highest BCUT2D eigenvalue weighted by atomic mass is 31.2. The average molecular weight is 364 g/mol. The van der Waals surface area contributed by atoms with E-state index in [1.807, 2.05) is 12.1 Å². The SMILES string of the molecule is C#C[C@H](c1ccccc1OC)[C@@]1(P(=O)(OCC)OCC)CCCC1=O. The van der Waals surface area contributed by atoms with E-state index in [1.54, 1.807) is 33.1 Å². The molecule has 0 aliphatic heterocycles. The summed E-state index contributed by atoms with van der Waals surface area (Å²) < 4.78 is 30.3. The van der Waals surface area contributed by atoms with Crippen molar-refractivity contribution in [1.82, 2.24) is 0 Å². The molecule has 0 spiro atoms. The van der Waals surface area contributed by atoms with Gasteiger partial charge in [0.25, 0.3) is 0 Å². The third-order valence-corrected chi connectivity index (χ3v) is 7.53. The highest BCUT2D eigenvalue weighted by Gasteiger charge is 2.63. The summed E-state index contributed by atoms with van der Waals surface area (Å²) in [6, 6.07) is 7.23. The van der Waals surface area contributed by atoms with Crippen LogP contribution in [0, 0.1) is 12.3 Å². The van der Waals surface area contributed by atoms with Gasteiger partial charge in [-0.05, 0) is 32.8 Å². The Hall–Kier alpha value is -1.60. The fraction of sp³-hybridized carbons (Fsp3) is 0.526. The van der Waals surface area contributed by atoms with Crippen molar-refractivity contribution in [2.45, 2.75) is 44.2 Å². The molecule has 0 bridgehead atoms. The Morgan fingerprint density at radius 2 is 1.92 bits per heavy atom. The van der Waals surface area contributed by atoms with Gasteiger partial charge < -0.3 is 13.8 Å². The van der Waals surface area contributed by atoms with Gasteiger partial charge in [0.2, 0.25) is 0 Å². The Kier molecular flexibility index (Phi) is 6.46. The van der Waals surface area contributed by atoms with Crippen molar-refractivity contribution < 1.29 is 23.1 Å². The number of ether oxygens (including phenoxy) is 1. The van der Waals surface area contributed by atoms with Crippen molar-refractivity contribution in [2.75, 3.05) is 20.3 Å². The number of terminal acetylenes is 1. The normalized spacial score (nSPS) is 21.8. The first kappa shape index (κ1) is 19.7. The predicted molar refractivity (Wildman–Crippen MR) is 97.0 cm³/mol. The quantitative estimate of drug-likeness (QED) is 0.512. The van der Waals surface area contributed by atoms with Gasteiger partial charge >= 0.3 is 7.60 Å². The van der Waals surface area contributed by atoms with Crippen LogP contribution in [-0.4, -0.2) is 31.3 Å². The molecule has 136 valence electrons. The first-order valence-corrected chi connectivity index (χ1v) is 10.1. The second-order valence-corrected chi connectivity index (χ2v) is 8.18. The molecule has 6 heteroatoms. The number of para-hydroxylation sites is 1. The Balaban J connectivity index is 2.69. The topological polar surface area (TPSA) is 61.8 Å². The van der Waals surface area contributed by atoms with Gasteiger partial charge in [0.05, 0.1) is 26.2 Å². The van der Waals surface area contributed by atoms with Gasteiger partial charge in [-0.3, -0.25) is 9.36 Å². The molecule has 5 nitrogen and oxygen atoms in total. The maximum absolute atomic E-state index is 13.7. The summed E-state index contributed by atoms with van der Waals surface area (Å²) in [5.41, 5.74) is 0.655. The zero-order valence-corrected chi connectivity index (χ0v) is 15.9. The first-order chi connectivity index (χ1) is 12.0. The maximum atomic E-state index is 13.7. The summed E-state index contributed by atoms with van der Waals surface area (Å²) in [6.07, 6.45) is 7.15. The van der Waals surface area contributed by atoms with Gasteiger partial charge in [0.15, 0.2) is 5.78 Å². The molecule has 1 aliphatic carbocycles. The smallest absolute Gasteiger partial charge is 0.345 e. The fourth-order valence-electron chi connectivity index (χ4n) is 3.62. The van der Waals surface area contributed by atoms with Crippen LogP contribution in [0.15, 0.2) is 24.3 Å². The molecule has 0 radical (unpaired) electrons. The van der Waals surface area contributed by atoms with Crippen LogP contribution in [0.4, 0.5) is 0 Å². The van der Waals surface area contributed by atoms with E-state index in [1.165, 1.54) is 0 Å². The zero-order chi connectivity index (χ0) is 18.5. The summed E-state index contributed by atoms with van der Waals surface area (Å²) >= 11 is 0. The molecule has 0 heterocycles. The van der Waals surface area contributed by atoms with Crippen LogP contribution < -0.4 is 4.74 Å². The van der Waals surface area contributed by atoms with Crippen LogP contribution in [0.3, 0.4) is 0 Å². The van der Waals surface area contributed by atoms with E-state index < -0.39 is 18.7 Å². The summed E-state index contributed by atoms with van der Waals surface area (Å²) in [7, 11) is -2.23. The van der Waals surface area contributed by atoms with Crippen LogP contribution in [-0.2, 0) is 18.4 Å². The van der Waals surface area contributed by atoms with Crippen molar-refractivity contribution in [2.24, 2.45) is 0 Å². The maximum Gasteiger partial charge on any atom is 0.345 e. The summed E-state index contributed by atoms with van der Waals surface area (Å²) in [5.74, 6) is 2.35. The van der Waals surface area contributed by atoms with Gasteiger partial charge in [-0.2, -0.15) is 0 Å². The lowest BCUT2D eigenvalue weighted by Gasteiger charge is -2.38. The number of Topliss-reactive ketones (excluding diaryl/α,β-unsaturated/α-hetero) is 1. The molecule has 0 amide bonds. The standard InChI is InChI=1S/C19H25O5P/c1-5-16(15-11-8-9-12-17(15)22-4)19(14-10-13-18(19)20)25(21,23-6-2)24-7-3/h1,8-9,11-12,16H,6-7,10,13-14H2,2-4H3/t16-,19+/m1/s1. The van der Waals surface area contributed by atoms with Crippen molar-refractivity contribution in [3.8, 4) is 18.1 Å². The molecule has 0 aromatic heterocycles. The third-order valence-electron chi connectivity index (χ3n) is 4.63. The Labute approximate surface area is 149 Å². The average Bonchev–Trinajstić information content (AvgIpc) is 2.99. The molecule has 2 rings (SSSR count). The number of benzene rings is 1. The summed E-state index contributed by atoms with van der Waals surface area (Å²) in [5, 5.41) is -1.37. The Morgan fingerprint density at radius 3 is 2.40 bits per heavy atom. The summed E-state index contributed by atoms with van der Waals surface area (Å²) in [4.78, 5) is 13.0. The van der Waals surface area contributed by atoms with E-state index in [2.05, 4.69) is 5.92 Å². The van der Waals surface area contributed by atoms with Gasteiger partial charge in [-0.1, -0.05) is 24.1 Å². The molecule has 2 atom stereocenters. The van der Waals surface area contributed by atoms with E-state index >= 15 is 0 Å². The van der Waals surface area contributed by atoms with Gasteiger partial charge in [0.1, 0.15) is 10.9 Å². The van der Waals surface area contributed by atoms with Crippen molar-refractivity contribution >= 4 is 13.4 Å². The number of carbonyl (C=O) groups is 1. The van der Waals surface area contributed by atoms with Crippen LogP contribution in [0.25, 0.3) is 0 Å². The zero-order valence-electron chi connectivity index (χ0n) is 15.0. The predicted octanol–water partition coefficient (Wildman–Crippen LogP) is 4.17. The van der Waals surface area contributed by atoms with Crippen molar-refractivity contribution in [3.05, 3.63) is 29.8 Å². The first-order valence-electron chi connectivity index (χ1n) is 8.52. The van der Waals surface area contributed by atoms with E-state index in [0.717, 1.165) is 0 Å². The van der Waals surface area contributed by atoms with E-state index in [4.69, 9.17) is 20.2 Å². The lowest BCUT2D eigenvalue weighted by Crippen LogP contribution is -2.41. The highest BCUT2D eigenvalue weighted by molar-refractivity contribution is 7.57. The minimum Gasteiger partial charge on any atom is -0.496 e. The number of hydrogen-bond donors (Lipinski definition) is 0. The molecule has 1 aromatic carbocycles. The molecule has 1 aromatic rings. The lowest BCUT2D eigenvalue weighted by atomic mass is 9.83. The number of carbonyl (C=O) groups excluding carboxylic acids is 1. The molecular formula is C19H25O5P. The monoisotopic (exact) mass is 364 g/mol. The molecule has 1 aliphatic rings. The van der Waals surface area contributed by atoms with Gasteiger partial charge in [0, 0.05) is 12.0 Å². The second kappa shape index (κ2) is 8.19. The van der Waals surface area contributed by atoms with Crippen molar-refractivity contribution in [3.63, 3.8) is 0 Å². The van der Waals surface area contributed by atoms with E-state index in [0.29, 0.717) is 30.6 Å². The van der Waals surface area contributed by atoms with Crippen LogP contribution in [0.5, 0.6) is 5.75 Å². The molecule has 0 N–H and O–H groups in total. The minimum absolute atomic E-state index is 0.161. The molecule has 1 saturated carbocycles. The lowest BCUT2D eigenvalue weighted by molar-refractivity contribution is -0.120. The largest absolute Gasteiger partial charge is 0.496 e. The molecule has 1 fully saturated rings. The van der Waals surface area contributed by atoms with Crippen molar-refractivity contribution in [1.29, 1.82) is 0 Å².